The number of hydrogen-bond donors (Lipinski definition) is 3. The maximum absolute atomic E-state index is 11.6. The first-order chi connectivity index (χ1) is 12.9. The van der Waals surface area contributed by atoms with E-state index in [1.165, 1.54) is 12.8 Å². The molecule has 0 bridgehead atoms. The quantitative estimate of drug-likeness (QED) is 0.218. The van der Waals surface area contributed by atoms with Gasteiger partial charge in [0.15, 0.2) is 5.96 Å². The summed E-state index contributed by atoms with van der Waals surface area (Å²) in [5.41, 5.74) is 0.533. The highest BCUT2D eigenvalue weighted by molar-refractivity contribution is 14.0. The second kappa shape index (κ2) is 11.9. The van der Waals surface area contributed by atoms with Crippen LogP contribution in [0.5, 0.6) is 5.88 Å². The van der Waals surface area contributed by atoms with Gasteiger partial charge >= 0.3 is 6.09 Å². The van der Waals surface area contributed by atoms with Gasteiger partial charge < -0.3 is 25.4 Å². The third-order valence-corrected chi connectivity index (χ3v) is 3.73. The minimum atomic E-state index is -0.498. The third kappa shape index (κ3) is 10.5. The van der Waals surface area contributed by atoms with E-state index in [2.05, 4.69) is 25.9 Å². The van der Waals surface area contributed by atoms with Crippen LogP contribution in [0.25, 0.3) is 0 Å². The van der Waals surface area contributed by atoms with Gasteiger partial charge in [0.1, 0.15) is 5.60 Å². The number of nitrogens with one attached hydrogen (secondary N) is 3. The molecule has 1 aromatic rings. The van der Waals surface area contributed by atoms with Crippen LogP contribution in [0.3, 0.4) is 0 Å². The molecule has 0 aromatic carbocycles. The number of halogens is 1. The monoisotopic (exact) mass is 505 g/mol. The molecule has 0 saturated heterocycles. The summed E-state index contributed by atoms with van der Waals surface area (Å²) in [4.78, 5) is 20.1. The van der Waals surface area contributed by atoms with Gasteiger partial charge in [-0.2, -0.15) is 0 Å². The zero-order chi connectivity index (χ0) is 19.7. The van der Waals surface area contributed by atoms with Crippen molar-refractivity contribution in [3.05, 3.63) is 23.9 Å². The van der Waals surface area contributed by atoms with Gasteiger partial charge in [0, 0.05) is 38.9 Å². The number of pyridine rings is 1. The Morgan fingerprint density at radius 2 is 1.93 bits per heavy atom. The molecule has 9 heteroatoms. The number of guanidine groups is 1. The van der Waals surface area contributed by atoms with Crippen molar-refractivity contribution in [2.24, 2.45) is 10.9 Å². The van der Waals surface area contributed by atoms with E-state index in [4.69, 9.17) is 9.47 Å². The van der Waals surface area contributed by atoms with Crippen molar-refractivity contribution in [2.45, 2.75) is 45.8 Å². The third-order valence-electron chi connectivity index (χ3n) is 3.73. The molecule has 1 aliphatic carbocycles. The molecule has 8 nitrogen and oxygen atoms in total. The van der Waals surface area contributed by atoms with Crippen LogP contribution in [0.15, 0.2) is 23.3 Å². The van der Waals surface area contributed by atoms with Gasteiger partial charge in [-0.3, -0.25) is 4.99 Å². The fourth-order valence-electron chi connectivity index (χ4n) is 2.15. The van der Waals surface area contributed by atoms with Crippen molar-refractivity contribution in [2.75, 3.05) is 26.7 Å². The van der Waals surface area contributed by atoms with Crippen molar-refractivity contribution in [3.63, 3.8) is 0 Å². The lowest BCUT2D eigenvalue weighted by atomic mass is 10.2. The summed E-state index contributed by atoms with van der Waals surface area (Å²) in [6.07, 6.45) is 3.90. The average molecular weight is 505 g/mol. The van der Waals surface area contributed by atoms with E-state index >= 15 is 0 Å². The SMILES string of the molecule is CN=C(NCCNC(=O)OC(C)(C)C)NCc1ccc(OCC2CC2)nc1.I. The average Bonchev–Trinajstić information content (AvgIpc) is 3.43. The van der Waals surface area contributed by atoms with E-state index in [9.17, 15) is 4.79 Å². The van der Waals surface area contributed by atoms with Crippen LogP contribution in [0.1, 0.15) is 39.2 Å². The number of aromatic nitrogens is 1. The van der Waals surface area contributed by atoms with Crippen LogP contribution in [-0.4, -0.2) is 49.4 Å². The smallest absolute Gasteiger partial charge is 0.407 e. The van der Waals surface area contributed by atoms with Gasteiger partial charge in [0.05, 0.1) is 6.61 Å². The van der Waals surface area contributed by atoms with Crippen LogP contribution >= 0.6 is 24.0 Å². The highest BCUT2D eigenvalue weighted by atomic mass is 127. The maximum atomic E-state index is 11.6. The summed E-state index contributed by atoms with van der Waals surface area (Å²) < 4.78 is 10.8. The first-order valence-corrected chi connectivity index (χ1v) is 9.35. The summed E-state index contributed by atoms with van der Waals surface area (Å²) >= 11 is 0. The molecular formula is C19H32IN5O3. The van der Waals surface area contributed by atoms with Crippen molar-refractivity contribution in [1.29, 1.82) is 0 Å². The Balaban J connectivity index is 0.00000392. The highest BCUT2D eigenvalue weighted by Crippen LogP contribution is 2.29. The van der Waals surface area contributed by atoms with Crippen molar-refractivity contribution in [1.82, 2.24) is 20.9 Å². The lowest BCUT2D eigenvalue weighted by molar-refractivity contribution is 0.0529. The molecular weight excluding hydrogens is 473 g/mol. The molecule has 0 aliphatic heterocycles. The minimum Gasteiger partial charge on any atom is -0.477 e. The van der Waals surface area contributed by atoms with Crippen molar-refractivity contribution in [3.8, 4) is 5.88 Å². The van der Waals surface area contributed by atoms with Gasteiger partial charge in [-0.1, -0.05) is 6.07 Å². The molecule has 3 N–H and O–H groups in total. The Morgan fingerprint density at radius 3 is 2.50 bits per heavy atom. The Hall–Kier alpha value is -1.78. The second-order valence-electron chi connectivity index (χ2n) is 7.54. The predicted octanol–water partition coefficient (Wildman–Crippen LogP) is 2.68. The minimum absolute atomic E-state index is 0. The van der Waals surface area contributed by atoms with E-state index in [0.717, 1.165) is 12.2 Å². The van der Waals surface area contributed by atoms with Gasteiger partial charge in [-0.15, -0.1) is 24.0 Å². The van der Waals surface area contributed by atoms with Crippen LogP contribution in [0.2, 0.25) is 0 Å². The largest absolute Gasteiger partial charge is 0.477 e. The Morgan fingerprint density at radius 1 is 1.21 bits per heavy atom. The van der Waals surface area contributed by atoms with Gasteiger partial charge in [0.25, 0.3) is 0 Å². The van der Waals surface area contributed by atoms with Crippen LogP contribution in [-0.2, 0) is 11.3 Å². The van der Waals surface area contributed by atoms with Gasteiger partial charge in [0.2, 0.25) is 5.88 Å². The molecule has 1 heterocycles. The number of nitrogens with zero attached hydrogens (tertiary/aromatic N) is 2. The van der Waals surface area contributed by atoms with Gasteiger partial charge in [-0.05, 0) is 45.1 Å². The van der Waals surface area contributed by atoms with Crippen molar-refractivity contribution >= 4 is 36.0 Å². The molecule has 0 unspecified atom stereocenters. The van der Waals surface area contributed by atoms with Gasteiger partial charge in [-0.25, -0.2) is 9.78 Å². The molecule has 1 aliphatic rings. The predicted molar refractivity (Wildman–Crippen MR) is 120 cm³/mol. The first kappa shape index (κ1) is 24.3. The molecule has 158 valence electrons. The van der Waals surface area contributed by atoms with Crippen LogP contribution in [0.4, 0.5) is 4.79 Å². The summed E-state index contributed by atoms with van der Waals surface area (Å²) in [5, 5.41) is 9.03. The fraction of sp³-hybridized carbons (Fsp3) is 0.632. The number of amides is 1. The Bertz CT molecular complexity index is 627. The number of hydrogen-bond acceptors (Lipinski definition) is 5. The molecule has 1 amide bonds. The summed E-state index contributed by atoms with van der Waals surface area (Å²) in [7, 11) is 1.70. The number of aliphatic imine (C=N–C) groups is 1. The summed E-state index contributed by atoms with van der Waals surface area (Å²) in [5.74, 6) is 2.03. The highest BCUT2D eigenvalue weighted by Gasteiger charge is 2.22. The fourth-order valence-corrected chi connectivity index (χ4v) is 2.15. The van der Waals surface area contributed by atoms with Crippen molar-refractivity contribution < 1.29 is 14.3 Å². The van der Waals surface area contributed by atoms with E-state index in [1.807, 2.05) is 32.9 Å². The Labute approximate surface area is 184 Å². The summed E-state index contributed by atoms with van der Waals surface area (Å²) in [6.45, 7) is 7.81. The molecule has 0 spiro atoms. The molecule has 2 rings (SSSR count). The molecule has 1 fully saturated rings. The molecule has 0 atom stereocenters. The maximum Gasteiger partial charge on any atom is 0.407 e. The molecule has 28 heavy (non-hydrogen) atoms. The lowest BCUT2D eigenvalue weighted by Crippen LogP contribution is -2.42. The molecule has 1 saturated carbocycles. The zero-order valence-electron chi connectivity index (χ0n) is 17.1. The first-order valence-electron chi connectivity index (χ1n) is 9.35. The lowest BCUT2D eigenvalue weighted by Gasteiger charge is -2.19. The number of rotatable bonds is 8. The normalized spacial score (nSPS) is 13.9. The van der Waals surface area contributed by atoms with Crippen LogP contribution in [0, 0.1) is 5.92 Å². The zero-order valence-corrected chi connectivity index (χ0v) is 19.4. The van der Waals surface area contributed by atoms with E-state index in [1.54, 1.807) is 13.2 Å². The molecule has 0 radical (unpaired) electrons. The summed E-state index contributed by atoms with van der Waals surface area (Å²) in [6, 6.07) is 3.87. The number of alkyl carbamates (subject to hydrolysis) is 1. The van der Waals surface area contributed by atoms with E-state index in [-0.39, 0.29) is 24.0 Å². The standard InChI is InChI=1S/C19H31N5O3.HI/c1-19(2,3)27-18(25)22-10-9-21-17(20-4)24-12-15-7-8-16(23-11-15)26-13-14-5-6-14;/h7-8,11,14H,5-6,9-10,12-13H2,1-4H3,(H,22,25)(H2,20,21,24);1H. The van der Waals surface area contributed by atoms with E-state index < -0.39 is 11.7 Å². The number of carbonyl (C=O) groups excluding carboxylic acids is 1. The number of carbonyl (C=O) groups is 1. The second-order valence-corrected chi connectivity index (χ2v) is 7.54. The molecule has 1 aromatic heterocycles. The topological polar surface area (TPSA) is 96.9 Å². The van der Waals surface area contributed by atoms with Crippen LogP contribution < -0.4 is 20.7 Å². The number of ether oxygens (including phenoxy) is 2. The van der Waals surface area contributed by atoms with E-state index in [0.29, 0.717) is 37.4 Å². The Kier molecular flexibility index (Phi) is 10.3.